The van der Waals surface area contributed by atoms with E-state index in [4.69, 9.17) is 4.74 Å². The highest BCUT2D eigenvalue weighted by Crippen LogP contribution is 2.22. The van der Waals surface area contributed by atoms with Crippen LogP contribution in [-0.2, 0) is 11.1 Å². The Labute approximate surface area is 90.0 Å². The molecule has 0 spiro atoms. The van der Waals surface area contributed by atoms with Gasteiger partial charge in [0.05, 0.1) is 7.11 Å². The molecule has 78 valence electrons. The lowest BCUT2D eigenvalue weighted by Gasteiger charge is -2.07. The maximum atomic E-state index is 10.7. The van der Waals surface area contributed by atoms with E-state index in [1.54, 1.807) is 31.4 Å². The van der Waals surface area contributed by atoms with Gasteiger partial charge in [0.15, 0.2) is 0 Å². The fourth-order valence-electron chi connectivity index (χ4n) is 1.43. The van der Waals surface area contributed by atoms with E-state index in [1.807, 2.05) is 12.1 Å². The van der Waals surface area contributed by atoms with Crippen LogP contribution < -0.4 is 4.74 Å². The first-order chi connectivity index (χ1) is 7.20. The van der Waals surface area contributed by atoms with Crippen LogP contribution in [0.25, 0.3) is 10.8 Å². The Morgan fingerprint density at radius 2 is 1.80 bits per heavy atom. The number of rotatable bonds is 2. The molecular formula is C11H9O3S-. The molecule has 0 aliphatic heterocycles. The summed E-state index contributed by atoms with van der Waals surface area (Å²) in [7, 11) is 1.60. The fourth-order valence-corrected chi connectivity index (χ4v) is 1.83. The second-order valence-electron chi connectivity index (χ2n) is 3.11. The Hall–Kier alpha value is -1.39. The Bertz CT molecular complexity index is 522. The van der Waals surface area contributed by atoms with Crippen molar-refractivity contribution in [1.82, 2.24) is 0 Å². The molecule has 0 aliphatic carbocycles. The molecule has 0 radical (unpaired) electrons. The largest absolute Gasteiger partial charge is 0.768 e. The molecule has 4 heteroatoms. The first-order valence-corrected chi connectivity index (χ1v) is 5.45. The van der Waals surface area contributed by atoms with Crippen LogP contribution in [-0.4, -0.2) is 15.9 Å². The zero-order valence-corrected chi connectivity index (χ0v) is 8.91. The normalized spacial score (nSPS) is 12.7. The summed E-state index contributed by atoms with van der Waals surface area (Å²) in [5, 5.41) is 1.85. The molecule has 0 fully saturated rings. The minimum absolute atomic E-state index is 0.299. The summed E-state index contributed by atoms with van der Waals surface area (Å²) >= 11 is -2.17. The van der Waals surface area contributed by atoms with E-state index < -0.39 is 11.1 Å². The third-order valence-electron chi connectivity index (χ3n) is 2.21. The lowest BCUT2D eigenvalue weighted by molar-refractivity contribution is 0.415. The van der Waals surface area contributed by atoms with Gasteiger partial charge in [-0.05, 0) is 46.1 Å². The maximum Gasteiger partial charge on any atom is 0.119 e. The van der Waals surface area contributed by atoms with Gasteiger partial charge < -0.3 is 9.29 Å². The van der Waals surface area contributed by atoms with Gasteiger partial charge >= 0.3 is 0 Å². The SMILES string of the molecule is COc1ccc2cc(S(=O)[O-])ccc2c1. The molecule has 0 N–H and O–H groups in total. The average Bonchev–Trinajstić information content (AvgIpc) is 2.27. The van der Waals surface area contributed by atoms with E-state index in [2.05, 4.69) is 0 Å². The highest BCUT2D eigenvalue weighted by Gasteiger charge is 1.98. The average molecular weight is 221 g/mol. The molecule has 0 bridgehead atoms. The summed E-state index contributed by atoms with van der Waals surface area (Å²) in [5.74, 6) is 0.762. The molecule has 0 amide bonds. The van der Waals surface area contributed by atoms with Gasteiger partial charge in [0, 0.05) is 4.90 Å². The topological polar surface area (TPSA) is 49.4 Å². The smallest absolute Gasteiger partial charge is 0.119 e. The first-order valence-electron chi connectivity index (χ1n) is 4.38. The maximum absolute atomic E-state index is 10.7. The standard InChI is InChI=1S/C11H10O3S/c1-14-10-4-2-9-7-11(15(12)13)5-3-8(9)6-10/h2-7H,1H3,(H,12,13)/p-1. The van der Waals surface area contributed by atoms with E-state index in [1.165, 1.54) is 0 Å². The van der Waals surface area contributed by atoms with E-state index in [0.717, 1.165) is 16.5 Å². The minimum Gasteiger partial charge on any atom is -0.768 e. The van der Waals surface area contributed by atoms with Crippen molar-refractivity contribution >= 4 is 21.9 Å². The van der Waals surface area contributed by atoms with E-state index in [9.17, 15) is 8.76 Å². The molecule has 2 aromatic rings. The molecule has 0 heterocycles. The summed E-state index contributed by atoms with van der Waals surface area (Å²) in [6.45, 7) is 0. The van der Waals surface area contributed by atoms with E-state index in [0.29, 0.717) is 4.90 Å². The molecule has 0 aromatic heterocycles. The van der Waals surface area contributed by atoms with Gasteiger partial charge in [-0.1, -0.05) is 12.1 Å². The predicted molar refractivity (Wildman–Crippen MR) is 57.7 cm³/mol. The second kappa shape index (κ2) is 4.00. The first kappa shape index (κ1) is 10.1. The number of hydrogen-bond acceptors (Lipinski definition) is 3. The number of hydrogen-bond donors (Lipinski definition) is 0. The highest BCUT2D eigenvalue weighted by atomic mass is 32.2. The molecule has 0 saturated carbocycles. The minimum atomic E-state index is -2.17. The second-order valence-corrected chi connectivity index (χ2v) is 4.05. The number of benzene rings is 2. The zero-order valence-electron chi connectivity index (χ0n) is 8.10. The molecule has 0 aliphatic rings. The van der Waals surface area contributed by atoms with Gasteiger partial charge in [0.25, 0.3) is 0 Å². The van der Waals surface area contributed by atoms with Gasteiger partial charge in [-0.3, -0.25) is 4.21 Å². The summed E-state index contributed by atoms with van der Waals surface area (Å²) in [4.78, 5) is 0.299. The van der Waals surface area contributed by atoms with Crippen LogP contribution in [0.15, 0.2) is 41.3 Å². The number of methoxy groups -OCH3 is 1. The van der Waals surface area contributed by atoms with Gasteiger partial charge in [-0.15, -0.1) is 0 Å². The van der Waals surface area contributed by atoms with Gasteiger partial charge in [0.2, 0.25) is 0 Å². The number of fused-ring (bicyclic) bond motifs is 1. The van der Waals surface area contributed by atoms with Crippen LogP contribution in [0.1, 0.15) is 0 Å². The van der Waals surface area contributed by atoms with Crippen LogP contribution in [0.2, 0.25) is 0 Å². The Balaban J connectivity index is 2.59. The van der Waals surface area contributed by atoms with Crippen LogP contribution in [0.5, 0.6) is 5.75 Å². The van der Waals surface area contributed by atoms with Crippen LogP contribution in [0.3, 0.4) is 0 Å². The Morgan fingerprint density at radius 1 is 1.13 bits per heavy atom. The molecule has 0 saturated heterocycles. The monoisotopic (exact) mass is 221 g/mol. The van der Waals surface area contributed by atoms with Crippen molar-refractivity contribution in [2.75, 3.05) is 7.11 Å². The Kier molecular flexibility index (Phi) is 2.70. The molecular weight excluding hydrogens is 212 g/mol. The molecule has 1 unspecified atom stereocenters. The van der Waals surface area contributed by atoms with E-state index in [-0.39, 0.29) is 0 Å². The molecule has 3 nitrogen and oxygen atoms in total. The van der Waals surface area contributed by atoms with Crippen LogP contribution >= 0.6 is 0 Å². The van der Waals surface area contributed by atoms with Crippen LogP contribution in [0, 0.1) is 0 Å². The quantitative estimate of drug-likeness (QED) is 0.729. The van der Waals surface area contributed by atoms with Gasteiger partial charge in [0.1, 0.15) is 5.75 Å². The summed E-state index contributed by atoms with van der Waals surface area (Å²) in [6.07, 6.45) is 0. The van der Waals surface area contributed by atoms with Crippen molar-refractivity contribution < 1.29 is 13.5 Å². The summed E-state index contributed by atoms with van der Waals surface area (Å²) in [5.41, 5.74) is 0. The zero-order chi connectivity index (χ0) is 10.8. The van der Waals surface area contributed by atoms with Crippen molar-refractivity contribution in [2.45, 2.75) is 4.90 Å². The van der Waals surface area contributed by atoms with Gasteiger partial charge in [-0.2, -0.15) is 0 Å². The highest BCUT2D eigenvalue weighted by molar-refractivity contribution is 7.79. The molecule has 2 aromatic carbocycles. The summed E-state index contributed by atoms with van der Waals surface area (Å²) in [6, 6.07) is 10.5. The van der Waals surface area contributed by atoms with Crippen molar-refractivity contribution in [3.8, 4) is 5.75 Å². The van der Waals surface area contributed by atoms with E-state index >= 15 is 0 Å². The molecule has 2 rings (SSSR count). The molecule has 1 atom stereocenters. The van der Waals surface area contributed by atoms with Crippen molar-refractivity contribution in [3.05, 3.63) is 36.4 Å². The van der Waals surface area contributed by atoms with Crippen LogP contribution in [0.4, 0.5) is 0 Å². The predicted octanol–water partition coefficient (Wildman–Crippen LogP) is 2.09. The number of ether oxygens (including phenoxy) is 1. The summed E-state index contributed by atoms with van der Waals surface area (Å²) < 4.78 is 26.6. The van der Waals surface area contributed by atoms with Crippen molar-refractivity contribution in [1.29, 1.82) is 0 Å². The third kappa shape index (κ3) is 2.00. The lowest BCUT2D eigenvalue weighted by Crippen LogP contribution is -1.88. The fraction of sp³-hybridized carbons (Fsp3) is 0.0909. The van der Waals surface area contributed by atoms with Gasteiger partial charge in [-0.25, -0.2) is 0 Å². The van der Waals surface area contributed by atoms with Crippen molar-refractivity contribution in [2.24, 2.45) is 0 Å². The van der Waals surface area contributed by atoms with Crippen molar-refractivity contribution in [3.63, 3.8) is 0 Å². The molecule has 15 heavy (non-hydrogen) atoms. The lowest BCUT2D eigenvalue weighted by atomic mass is 10.1. The third-order valence-corrected chi connectivity index (χ3v) is 2.85. The Morgan fingerprint density at radius 3 is 2.47 bits per heavy atom.